The molecule has 0 spiro atoms. The van der Waals surface area contributed by atoms with Crippen molar-refractivity contribution in [2.45, 2.75) is 0 Å². The summed E-state index contributed by atoms with van der Waals surface area (Å²) in [6, 6.07) is 7.49. The van der Waals surface area contributed by atoms with E-state index in [0.29, 0.717) is 13.2 Å². The van der Waals surface area contributed by atoms with Gasteiger partial charge in [-0.3, -0.25) is 0 Å². The Labute approximate surface area is 108 Å². The molecule has 18 heavy (non-hydrogen) atoms. The molecule has 0 N–H and O–H groups in total. The standard InChI is InChI=1S/C14H19NO3/c1-15(2)10-11-18-14(16)9-8-12-6-4-5-7-13(12)17-3/h4-9H,10-11H2,1-3H3. The van der Waals surface area contributed by atoms with Crippen molar-refractivity contribution in [3.8, 4) is 5.75 Å². The second-order valence-electron chi connectivity index (χ2n) is 4.05. The molecule has 1 aromatic rings. The van der Waals surface area contributed by atoms with Gasteiger partial charge in [0.25, 0.3) is 0 Å². The van der Waals surface area contributed by atoms with E-state index >= 15 is 0 Å². The van der Waals surface area contributed by atoms with Crippen LogP contribution in [0.3, 0.4) is 0 Å². The number of para-hydroxylation sites is 1. The first-order valence-electron chi connectivity index (χ1n) is 5.76. The Balaban J connectivity index is 2.50. The van der Waals surface area contributed by atoms with Crippen LogP contribution < -0.4 is 4.74 Å². The topological polar surface area (TPSA) is 38.8 Å². The van der Waals surface area contributed by atoms with Gasteiger partial charge in [0.1, 0.15) is 12.4 Å². The van der Waals surface area contributed by atoms with Crippen molar-refractivity contribution in [1.29, 1.82) is 0 Å². The van der Waals surface area contributed by atoms with Crippen molar-refractivity contribution in [2.75, 3.05) is 34.4 Å². The molecular formula is C14H19NO3. The molecule has 4 heteroatoms. The number of ether oxygens (including phenoxy) is 2. The number of likely N-dealkylation sites (N-methyl/N-ethyl adjacent to an activating group) is 1. The molecule has 0 saturated carbocycles. The fourth-order valence-corrected chi connectivity index (χ4v) is 1.34. The maximum absolute atomic E-state index is 11.4. The van der Waals surface area contributed by atoms with Crippen molar-refractivity contribution in [1.82, 2.24) is 4.90 Å². The van der Waals surface area contributed by atoms with Gasteiger partial charge in [-0.15, -0.1) is 0 Å². The first-order valence-corrected chi connectivity index (χ1v) is 5.76. The van der Waals surface area contributed by atoms with Crippen LogP contribution in [0.25, 0.3) is 6.08 Å². The number of methoxy groups -OCH3 is 1. The lowest BCUT2D eigenvalue weighted by atomic mass is 10.2. The predicted molar refractivity (Wildman–Crippen MR) is 71.5 cm³/mol. The monoisotopic (exact) mass is 249 g/mol. The van der Waals surface area contributed by atoms with Crippen LogP contribution in [0.2, 0.25) is 0 Å². The predicted octanol–water partition coefficient (Wildman–Crippen LogP) is 1.81. The average molecular weight is 249 g/mol. The van der Waals surface area contributed by atoms with E-state index < -0.39 is 0 Å². The number of hydrogen-bond donors (Lipinski definition) is 0. The van der Waals surface area contributed by atoms with Crippen LogP contribution in [0.4, 0.5) is 0 Å². The fourth-order valence-electron chi connectivity index (χ4n) is 1.34. The first-order chi connectivity index (χ1) is 8.63. The zero-order valence-corrected chi connectivity index (χ0v) is 11.1. The van der Waals surface area contributed by atoms with E-state index in [4.69, 9.17) is 9.47 Å². The van der Waals surface area contributed by atoms with Gasteiger partial charge in [-0.2, -0.15) is 0 Å². The van der Waals surface area contributed by atoms with E-state index in [1.165, 1.54) is 6.08 Å². The molecule has 1 aromatic carbocycles. The van der Waals surface area contributed by atoms with E-state index in [1.807, 2.05) is 43.3 Å². The van der Waals surface area contributed by atoms with Gasteiger partial charge < -0.3 is 14.4 Å². The molecule has 0 aliphatic rings. The molecule has 0 bridgehead atoms. The van der Waals surface area contributed by atoms with Gasteiger partial charge in [-0.05, 0) is 26.2 Å². The summed E-state index contributed by atoms with van der Waals surface area (Å²) in [5.41, 5.74) is 0.851. The Morgan fingerprint density at radius 3 is 2.72 bits per heavy atom. The zero-order chi connectivity index (χ0) is 13.4. The first kappa shape index (κ1) is 14.3. The highest BCUT2D eigenvalue weighted by Crippen LogP contribution is 2.18. The maximum atomic E-state index is 11.4. The average Bonchev–Trinajstić information content (AvgIpc) is 2.36. The lowest BCUT2D eigenvalue weighted by Gasteiger charge is -2.08. The van der Waals surface area contributed by atoms with Gasteiger partial charge >= 0.3 is 5.97 Å². The lowest BCUT2D eigenvalue weighted by Crippen LogP contribution is -2.19. The Hall–Kier alpha value is -1.81. The molecule has 0 aliphatic heterocycles. The molecule has 0 aliphatic carbocycles. The van der Waals surface area contributed by atoms with Crippen molar-refractivity contribution < 1.29 is 14.3 Å². The Bertz CT molecular complexity index is 413. The number of carbonyl (C=O) groups excluding carboxylic acids is 1. The lowest BCUT2D eigenvalue weighted by molar-refractivity contribution is -0.137. The highest BCUT2D eigenvalue weighted by molar-refractivity contribution is 5.87. The number of hydrogen-bond acceptors (Lipinski definition) is 4. The van der Waals surface area contributed by atoms with E-state index in [2.05, 4.69) is 0 Å². The molecule has 0 saturated heterocycles. The van der Waals surface area contributed by atoms with Crippen LogP contribution in [0.1, 0.15) is 5.56 Å². The van der Waals surface area contributed by atoms with Gasteiger partial charge in [0.05, 0.1) is 7.11 Å². The molecule has 0 amide bonds. The van der Waals surface area contributed by atoms with Crippen LogP contribution in [0.15, 0.2) is 30.3 Å². The minimum Gasteiger partial charge on any atom is -0.496 e. The fraction of sp³-hybridized carbons (Fsp3) is 0.357. The number of carbonyl (C=O) groups is 1. The zero-order valence-electron chi connectivity index (χ0n) is 11.1. The summed E-state index contributed by atoms with van der Waals surface area (Å²) in [6.45, 7) is 1.11. The molecule has 0 radical (unpaired) electrons. The molecular weight excluding hydrogens is 230 g/mol. The summed E-state index contributed by atoms with van der Waals surface area (Å²) < 4.78 is 10.2. The largest absolute Gasteiger partial charge is 0.496 e. The minimum atomic E-state index is -0.345. The molecule has 98 valence electrons. The van der Waals surface area contributed by atoms with Crippen molar-refractivity contribution in [3.63, 3.8) is 0 Å². The second-order valence-corrected chi connectivity index (χ2v) is 4.05. The van der Waals surface area contributed by atoms with Crippen LogP contribution in [-0.2, 0) is 9.53 Å². The molecule has 0 heterocycles. The third-order valence-electron chi connectivity index (χ3n) is 2.32. The van der Waals surface area contributed by atoms with Crippen LogP contribution >= 0.6 is 0 Å². The van der Waals surface area contributed by atoms with Crippen molar-refractivity contribution >= 4 is 12.0 Å². The maximum Gasteiger partial charge on any atom is 0.330 e. The third-order valence-corrected chi connectivity index (χ3v) is 2.32. The SMILES string of the molecule is COc1ccccc1C=CC(=O)OCCN(C)C. The van der Waals surface area contributed by atoms with Gasteiger partial charge in [-0.25, -0.2) is 4.79 Å². The van der Waals surface area contributed by atoms with Gasteiger partial charge in [0.15, 0.2) is 0 Å². The summed E-state index contributed by atoms with van der Waals surface area (Å²) in [7, 11) is 5.46. The molecule has 1 rings (SSSR count). The summed E-state index contributed by atoms with van der Waals surface area (Å²) in [4.78, 5) is 13.4. The summed E-state index contributed by atoms with van der Waals surface area (Å²) in [5, 5.41) is 0. The van der Waals surface area contributed by atoms with Gasteiger partial charge in [-0.1, -0.05) is 18.2 Å². The highest BCUT2D eigenvalue weighted by atomic mass is 16.5. The molecule has 0 aromatic heterocycles. The minimum absolute atomic E-state index is 0.345. The van der Waals surface area contributed by atoms with Crippen molar-refractivity contribution in [2.24, 2.45) is 0 Å². The number of esters is 1. The van der Waals surface area contributed by atoms with Crippen LogP contribution in [-0.4, -0.2) is 45.2 Å². The highest BCUT2D eigenvalue weighted by Gasteiger charge is 2.00. The van der Waals surface area contributed by atoms with Gasteiger partial charge in [0, 0.05) is 18.2 Å². The van der Waals surface area contributed by atoms with Crippen LogP contribution in [0.5, 0.6) is 5.75 Å². The molecule has 4 nitrogen and oxygen atoms in total. The van der Waals surface area contributed by atoms with E-state index in [1.54, 1.807) is 13.2 Å². The number of rotatable bonds is 6. The van der Waals surface area contributed by atoms with Crippen LogP contribution in [0, 0.1) is 0 Å². The normalized spacial score (nSPS) is 10.9. The summed E-state index contributed by atoms with van der Waals surface area (Å²) >= 11 is 0. The molecule has 0 fully saturated rings. The second kappa shape index (κ2) is 7.50. The summed E-state index contributed by atoms with van der Waals surface area (Å²) in [6.07, 6.45) is 3.10. The number of benzene rings is 1. The van der Waals surface area contributed by atoms with E-state index in [0.717, 1.165) is 11.3 Å². The summed E-state index contributed by atoms with van der Waals surface area (Å²) in [5.74, 6) is 0.387. The van der Waals surface area contributed by atoms with Gasteiger partial charge in [0.2, 0.25) is 0 Å². The van der Waals surface area contributed by atoms with Crippen molar-refractivity contribution in [3.05, 3.63) is 35.9 Å². The number of nitrogens with zero attached hydrogens (tertiary/aromatic N) is 1. The van der Waals surface area contributed by atoms with E-state index in [-0.39, 0.29) is 5.97 Å². The molecule has 0 unspecified atom stereocenters. The third kappa shape index (κ3) is 5.01. The van der Waals surface area contributed by atoms with E-state index in [9.17, 15) is 4.79 Å². The Morgan fingerprint density at radius 1 is 1.33 bits per heavy atom. The Kier molecular flexibility index (Phi) is 5.94. The smallest absolute Gasteiger partial charge is 0.330 e. The quantitative estimate of drug-likeness (QED) is 0.569. The Morgan fingerprint density at radius 2 is 2.06 bits per heavy atom. The molecule has 0 atom stereocenters.